The van der Waals surface area contributed by atoms with Gasteiger partial charge in [-0.1, -0.05) is 12.1 Å². The average Bonchev–Trinajstić information content (AvgIpc) is 2.91. The summed E-state index contributed by atoms with van der Waals surface area (Å²) in [5.41, 5.74) is 5.02. The summed E-state index contributed by atoms with van der Waals surface area (Å²) in [7, 11) is 0. The van der Waals surface area contributed by atoms with E-state index in [0.29, 0.717) is 0 Å². The van der Waals surface area contributed by atoms with Gasteiger partial charge in [-0.25, -0.2) is 4.98 Å². The molecule has 1 aliphatic rings. The van der Waals surface area contributed by atoms with Crippen molar-refractivity contribution >= 4 is 36.2 Å². The lowest BCUT2D eigenvalue weighted by molar-refractivity contribution is 0.233. The van der Waals surface area contributed by atoms with Gasteiger partial charge in [0.05, 0.1) is 12.2 Å². The van der Waals surface area contributed by atoms with Crippen LogP contribution in [-0.4, -0.2) is 36.1 Å². The van der Waals surface area contributed by atoms with E-state index in [1.807, 2.05) is 0 Å². The van der Waals surface area contributed by atoms with Crippen LogP contribution in [0.1, 0.15) is 16.1 Å². The van der Waals surface area contributed by atoms with Crippen molar-refractivity contribution in [2.75, 3.05) is 26.2 Å². The van der Waals surface area contributed by atoms with Gasteiger partial charge in [0.25, 0.3) is 0 Å². The maximum Gasteiger partial charge on any atom is 0.107 e. The summed E-state index contributed by atoms with van der Waals surface area (Å²) >= 11 is 1.77. The summed E-state index contributed by atoms with van der Waals surface area (Å²) in [4.78, 5) is 7.27. The second kappa shape index (κ2) is 8.85. The van der Waals surface area contributed by atoms with Gasteiger partial charge in [0, 0.05) is 37.1 Å². The van der Waals surface area contributed by atoms with E-state index in [1.54, 1.807) is 11.3 Å². The first-order valence-electron chi connectivity index (χ1n) is 7.17. The maximum absolute atomic E-state index is 4.80. The molecule has 0 aliphatic carbocycles. The number of thiazole rings is 1. The van der Waals surface area contributed by atoms with E-state index in [0.717, 1.165) is 38.4 Å². The summed E-state index contributed by atoms with van der Waals surface area (Å²) < 4.78 is 0. The molecule has 1 saturated heterocycles. The fourth-order valence-corrected chi connectivity index (χ4v) is 3.32. The Morgan fingerprint density at radius 3 is 2.55 bits per heavy atom. The molecule has 0 atom stereocenters. The molecule has 122 valence electrons. The monoisotopic (exact) mass is 359 g/mol. The number of nitrogens with zero attached hydrogens (tertiary/aromatic N) is 2. The topological polar surface area (TPSA) is 28.2 Å². The van der Waals surface area contributed by atoms with Gasteiger partial charge in [-0.15, -0.1) is 36.2 Å². The molecule has 6 heteroatoms. The average molecular weight is 360 g/mol. The van der Waals surface area contributed by atoms with Gasteiger partial charge >= 0.3 is 0 Å². The van der Waals surface area contributed by atoms with E-state index in [4.69, 9.17) is 4.98 Å². The lowest BCUT2D eigenvalue weighted by atomic mass is 10.1. The third-order valence-corrected chi connectivity index (χ3v) is 4.76. The molecule has 3 rings (SSSR count). The van der Waals surface area contributed by atoms with Crippen molar-refractivity contribution in [1.29, 1.82) is 0 Å². The number of benzene rings is 1. The largest absolute Gasteiger partial charge is 0.314 e. The normalized spacial score (nSPS) is 15.0. The molecule has 1 fully saturated rings. The van der Waals surface area contributed by atoms with Crippen LogP contribution in [0.2, 0.25) is 0 Å². The van der Waals surface area contributed by atoms with Gasteiger partial charge < -0.3 is 5.32 Å². The van der Waals surface area contributed by atoms with E-state index in [9.17, 15) is 0 Å². The zero-order valence-electron chi connectivity index (χ0n) is 13.0. The Labute approximate surface area is 149 Å². The molecule has 1 aromatic carbocycles. The predicted octanol–water partition coefficient (Wildman–Crippen LogP) is 3.68. The van der Waals surface area contributed by atoms with Crippen molar-refractivity contribution in [1.82, 2.24) is 15.2 Å². The van der Waals surface area contributed by atoms with Gasteiger partial charge in [0.1, 0.15) is 5.01 Å². The second-order valence-corrected chi connectivity index (χ2v) is 6.39. The van der Waals surface area contributed by atoms with Crippen LogP contribution in [0.4, 0.5) is 0 Å². The number of aryl methyl sites for hydroxylation is 2. The second-order valence-electron chi connectivity index (χ2n) is 5.45. The minimum absolute atomic E-state index is 0. The molecule has 0 unspecified atom stereocenters. The van der Waals surface area contributed by atoms with E-state index < -0.39 is 0 Å². The highest BCUT2D eigenvalue weighted by Crippen LogP contribution is 2.24. The van der Waals surface area contributed by atoms with Gasteiger partial charge in [0.2, 0.25) is 0 Å². The Bertz CT molecular complexity index is 595. The summed E-state index contributed by atoms with van der Waals surface area (Å²) in [6.07, 6.45) is 0. The Kier molecular flexibility index (Phi) is 7.80. The number of nitrogens with one attached hydrogen (secondary N) is 1. The number of rotatable bonds is 3. The third kappa shape index (κ3) is 4.67. The smallest absolute Gasteiger partial charge is 0.107 e. The molecule has 0 bridgehead atoms. The molecule has 0 amide bonds. The molecule has 2 aromatic rings. The highest BCUT2D eigenvalue weighted by molar-refractivity contribution is 7.09. The summed E-state index contributed by atoms with van der Waals surface area (Å²) in [5, 5.41) is 6.79. The van der Waals surface area contributed by atoms with Crippen molar-refractivity contribution < 1.29 is 0 Å². The number of hydrogen-bond donors (Lipinski definition) is 1. The van der Waals surface area contributed by atoms with E-state index in [2.05, 4.69) is 47.6 Å². The SMILES string of the molecule is Cc1ccc(-c2csc(CN3CCNCC3)n2)cc1C.Cl.Cl. The van der Waals surface area contributed by atoms with Gasteiger partial charge in [0.15, 0.2) is 0 Å². The molecular weight excluding hydrogens is 337 g/mol. The van der Waals surface area contributed by atoms with Gasteiger partial charge in [-0.2, -0.15) is 0 Å². The van der Waals surface area contributed by atoms with E-state index >= 15 is 0 Å². The maximum atomic E-state index is 4.80. The highest BCUT2D eigenvalue weighted by Gasteiger charge is 2.12. The molecule has 3 nitrogen and oxygen atoms in total. The van der Waals surface area contributed by atoms with Crippen molar-refractivity contribution in [3.63, 3.8) is 0 Å². The van der Waals surface area contributed by atoms with Crippen molar-refractivity contribution in [2.45, 2.75) is 20.4 Å². The number of piperazine rings is 1. The third-order valence-electron chi connectivity index (χ3n) is 3.92. The molecule has 0 spiro atoms. The van der Waals surface area contributed by atoms with E-state index in [-0.39, 0.29) is 24.8 Å². The van der Waals surface area contributed by atoms with Crippen LogP contribution >= 0.6 is 36.2 Å². The molecule has 0 radical (unpaired) electrons. The van der Waals surface area contributed by atoms with Crippen LogP contribution in [0.3, 0.4) is 0 Å². The molecule has 2 heterocycles. The predicted molar refractivity (Wildman–Crippen MR) is 99.7 cm³/mol. The molecule has 0 saturated carbocycles. The quantitative estimate of drug-likeness (QED) is 0.905. The van der Waals surface area contributed by atoms with Crippen LogP contribution in [0.15, 0.2) is 23.6 Å². The molecule has 22 heavy (non-hydrogen) atoms. The van der Waals surface area contributed by atoms with E-state index in [1.165, 1.54) is 21.7 Å². The minimum Gasteiger partial charge on any atom is -0.314 e. The Morgan fingerprint density at radius 2 is 1.86 bits per heavy atom. The first-order valence-corrected chi connectivity index (χ1v) is 8.05. The molecular formula is C16H23Cl2N3S. The van der Waals surface area contributed by atoms with Crippen molar-refractivity contribution in [2.24, 2.45) is 0 Å². The molecule has 1 N–H and O–H groups in total. The number of halogens is 2. The van der Waals surface area contributed by atoms with Crippen LogP contribution in [0.25, 0.3) is 11.3 Å². The number of aromatic nitrogens is 1. The minimum atomic E-state index is 0. The summed E-state index contributed by atoms with van der Waals surface area (Å²) in [6.45, 7) is 9.72. The van der Waals surface area contributed by atoms with Crippen LogP contribution in [0.5, 0.6) is 0 Å². The van der Waals surface area contributed by atoms with Crippen molar-refractivity contribution in [3.8, 4) is 11.3 Å². The van der Waals surface area contributed by atoms with Crippen LogP contribution in [0, 0.1) is 13.8 Å². The van der Waals surface area contributed by atoms with Gasteiger partial charge in [-0.3, -0.25) is 4.90 Å². The lowest BCUT2D eigenvalue weighted by Crippen LogP contribution is -2.42. The standard InChI is InChI=1S/C16H21N3S.2ClH/c1-12-3-4-14(9-13(12)2)15-11-20-16(18-15)10-19-7-5-17-6-8-19;;/h3-4,9,11,17H,5-8,10H2,1-2H3;2*1H. The number of hydrogen-bond acceptors (Lipinski definition) is 4. The fraction of sp³-hybridized carbons (Fsp3) is 0.438. The summed E-state index contributed by atoms with van der Waals surface area (Å²) in [6, 6.07) is 6.59. The van der Waals surface area contributed by atoms with Gasteiger partial charge in [-0.05, 0) is 31.0 Å². The Hall–Kier alpha value is -0.650. The van der Waals surface area contributed by atoms with Crippen LogP contribution < -0.4 is 5.32 Å². The Morgan fingerprint density at radius 1 is 1.14 bits per heavy atom. The lowest BCUT2D eigenvalue weighted by Gasteiger charge is -2.26. The zero-order valence-corrected chi connectivity index (χ0v) is 15.4. The first-order chi connectivity index (χ1) is 9.72. The van der Waals surface area contributed by atoms with Crippen LogP contribution in [-0.2, 0) is 6.54 Å². The molecule has 1 aliphatic heterocycles. The fourth-order valence-electron chi connectivity index (χ4n) is 2.48. The Balaban J connectivity index is 0.00000121. The first kappa shape index (κ1) is 19.4. The zero-order chi connectivity index (χ0) is 13.9. The summed E-state index contributed by atoms with van der Waals surface area (Å²) in [5.74, 6) is 0. The highest BCUT2D eigenvalue weighted by atomic mass is 35.5. The van der Waals surface area contributed by atoms with Crippen molar-refractivity contribution in [3.05, 3.63) is 39.7 Å². The molecule has 1 aromatic heterocycles.